The highest BCUT2D eigenvalue weighted by Gasteiger charge is 2.30. The fraction of sp³-hybridized carbons (Fsp3) is 0.368. The number of piperazine rings is 1. The van der Waals surface area contributed by atoms with Crippen molar-refractivity contribution in [3.05, 3.63) is 54.3 Å². The number of amides is 1. The largest absolute Gasteiger partial charge is 0.461 e. The molecule has 2 aromatic heterocycles. The highest BCUT2D eigenvalue weighted by atomic mass is 35.5. The fourth-order valence-corrected chi connectivity index (χ4v) is 3.47. The van der Waals surface area contributed by atoms with Crippen molar-refractivity contribution in [2.45, 2.75) is 18.9 Å². The van der Waals surface area contributed by atoms with Gasteiger partial charge in [0.2, 0.25) is 5.91 Å². The van der Waals surface area contributed by atoms with Gasteiger partial charge in [-0.15, -0.1) is 12.4 Å². The lowest BCUT2D eigenvalue weighted by Crippen LogP contribution is -2.49. The number of nitrogens with one attached hydrogen (secondary N) is 1. The molecule has 1 aliphatic heterocycles. The highest BCUT2D eigenvalue weighted by molar-refractivity contribution is 5.85. The van der Waals surface area contributed by atoms with Crippen molar-refractivity contribution in [3.63, 3.8) is 0 Å². The van der Waals surface area contributed by atoms with Crippen LogP contribution < -0.4 is 5.32 Å². The van der Waals surface area contributed by atoms with Gasteiger partial charge in [0.05, 0.1) is 0 Å². The zero-order valence-electron chi connectivity index (χ0n) is 14.7. The maximum absolute atomic E-state index is 12.8. The van der Waals surface area contributed by atoms with E-state index in [1.807, 2.05) is 53.0 Å². The lowest BCUT2D eigenvalue weighted by Gasteiger charge is -2.35. The monoisotopic (exact) mass is 374 g/mol. The molecule has 0 radical (unpaired) electrons. The lowest BCUT2D eigenvalue weighted by atomic mass is 10.1. The van der Waals surface area contributed by atoms with Gasteiger partial charge in [-0.05, 0) is 12.1 Å². The van der Waals surface area contributed by atoms with E-state index in [0.717, 1.165) is 35.6 Å². The molecule has 138 valence electrons. The topological polar surface area (TPSA) is 63.3 Å². The van der Waals surface area contributed by atoms with Crippen molar-refractivity contribution in [1.29, 1.82) is 0 Å². The van der Waals surface area contributed by atoms with Crippen molar-refractivity contribution >= 4 is 29.3 Å². The number of imidazole rings is 1. The van der Waals surface area contributed by atoms with E-state index in [4.69, 9.17) is 4.42 Å². The van der Waals surface area contributed by atoms with Crippen LogP contribution in [0.3, 0.4) is 0 Å². The summed E-state index contributed by atoms with van der Waals surface area (Å²) in [4.78, 5) is 19.2. The van der Waals surface area contributed by atoms with Gasteiger partial charge in [-0.3, -0.25) is 4.79 Å². The van der Waals surface area contributed by atoms with Crippen molar-refractivity contribution in [2.24, 2.45) is 7.05 Å². The van der Waals surface area contributed by atoms with Gasteiger partial charge in [0, 0.05) is 57.3 Å². The summed E-state index contributed by atoms with van der Waals surface area (Å²) in [6.07, 6.45) is 4.76. The van der Waals surface area contributed by atoms with Gasteiger partial charge in [-0.2, -0.15) is 0 Å². The second-order valence-electron chi connectivity index (χ2n) is 6.45. The zero-order valence-corrected chi connectivity index (χ0v) is 15.5. The number of carbonyl (C=O) groups is 1. The molecule has 0 bridgehead atoms. The van der Waals surface area contributed by atoms with Gasteiger partial charge in [0.25, 0.3) is 0 Å². The maximum Gasteiger partial charge on any atom is 0.223 e. The summed E-state index contributed by atoms with van der Waals surface area (Å²) in [5.74, 6) is 1.93. The first-order chi connectivity index (χ1) is 12.2. The minimum Gasteiger partial charge on any atom is -0.461 e. The summed E-state index contributed by atoms with van der Waals surface area (Å²) >= 11 is 0. The number of nitrogens with zero attached hydrogens (tertiary/aromatic N) is 3. The second kappa shape index (κ2) is 7.93. The number of hydrogen-bond acceptors (Lipinski definition) is 4. The molecule has 0 aliphatic carbocycles. The Morgan fingerprint density at radius 3 is 3.00 bits per heavy atom. The third-order valence-electron chi connectivity index (χ3n) is 4.78. The first-order valence-corrected chi connectivity index (χ1v) is 8.67. The Balaban J connectivity index is 0.00000196. The molecule has 1 N–H and O–H groups in total. The van der Waals surface area contributed by atoms with E-state index in [9.17, 15) is 4.79 Å². The van der Waals surface area contributed by atoms with Crippen LogP contribution in [0.15, 0.2) is 47.1 Å². The molecule has 1 unspecified atom stereocenters. The molecule has 1 amide bonds. The molecule has 4 rings (SSSR count). The molecular weight excluding hydrogens is 352 g/mol. The summed E-state index contributed by atoms with van der Waals surface area (Å²) < 4.78 is 7.81. The van der Waals surface area contributed by atoms with Gasteiger partial charge in [-0.25, -0.2) is 4.98 Å². The third-order valence-corrected chi connectivity index (χ3v) is 4.78. The Morgan fingerprint density at radius 2 is 2.23 bits per heavy atom. The van der Waals surface area contributed by atoms with E-state index in [0.29, 0.717) is 19.4 Å². The number of furan rings is 1. The van der Waals surface area contributed by atoms with Crippen LogP contribution in [0.2, 0.25) is 0 Å². The van der Waals surface area contributed by atoms with Crippen LogP contribution in [-0.2, 0) is 18.3 Å². The number of rotatable bonds is 4. The Bertz CT molecular complexity index is 855. The van der Waals surface area contributed by atoms with Crippen LogP contribution in [0.5, 0.6) is 0 Å². The zero-order chi connectivity index (χ0) is 17.2. The minimum absolute atomic E-state index is 0. The van der Waals surface area contributed by atoms with Crippen molar-refractivity contribution in [1.82, 2.24) is 19.8 Å². The molecule has 6 nitrogen and oxygen atoms in total. The normalized spacial score (nSPS) is 17.3. The van der Waals surface area contributed by atoms with Crippen LogP contribution >= 0.6 is 12.4 Å². The molecule has 1 aliphatic rings. The van der Waals surface area contributed by atoms with E-state index < -0.39 is 0 Å². The summed E-state index contributed by atoms with van der Waals surface area (Å²) in [7, 11) is 1.97. The average Bonchev–Trinajstić information content (AvgIpc) is 3.25. The van der Waals surface area contributed by atoms with Crippen LogP contribution in [0.25, 0.3) is 11.0 Å². The molecule has 3 aromatic rings. The summed E-state index contributed by atoms with van der Waals surface area (Å²) in [5, 5.41) is 4.44. The number of benzene rings is 1. The Morgan fingerprint density at radius 1 is 1.38 bits per heavy atom. The molecule has 1 saturated heterocycles. The molecule has 0 spiro atoms. The smallest absolute Gasteiger partial charge is 0.223 e. The lowest BCUT2D eigenvalue weighted by molar-refractivity contribution is -0.134. The standard InChI is InChI=1S/C19H22N4O2.ClH/c1-22-10-9-21-19(22)16-13-20-8-11-23(16)18(24)7-6-15-12-14-4-2-3-5-17(14)25-15;/h2-5,9-10,12,16,20H,6-8,11,13H2,1H3;1H. The summed E-state index contributed by atoms with van der Waals surface area (Å²) in [5.41, 5.74) is 0.873. The highest BCUT2D eigenvalue weighted by Crippen LogP contribution is 2.23. The van der Waals surface area contributed by atoms with E-state index in [2.05, 4.69) is 10.3 Å². The van der Waals surface area contributed by atoms with Gasteiger partial charge >= 0.3 is 0 Å². The average molecular weight is 375 g/mol. The Hall–Kier alpha value is -2.31. The Kier molecular flexibility index (Phi) is 5.64. The summed E-state index contributed by atoms with van der Waals surface area (Å²) in [6, 6.07) is 9.93. The molecule has 1 atom stereocenters. The Labute approximate surface area is 158 Å². The van der Waals surface area contributed by atoms with Crippen molar-refractivity contribution in [2.75, 3.05) is 19.6 Å². The number of para-hydroxylation sites is 1. The number of fused-ring (bicyclic) bond motifs is 1. The first kappa shape index (κ1) is 18.5. The minimum atomic E-state index is -0.0167. The van der Waals surface area contributed by atoms with E-state index in [-0.39, 0.29) is 24.4 Å². The maximum atomic E-state index is 12.8. The fourth-order valence-electron chi connectivity index (χ4n) is 3.47. The first-order valence-electron chi connectivity index (χ1n) is 8.67. The molecule has 1 fully saturated rings. The molecule has 0 saturated carbocycles. The van der Waals surface area contributed by atoms with E-state index >= 15 is 0 Å². The van der Waals surface area contributed by atoms with Crippen LogP contribution in [0.1, 0.15) is 24.0 Å². The molecule has 1 aromatic carbocycles. The predicted molar refractivity (Wildman–Crippen MR) is 102 cm³/mol. The van der Waals surface area contributed by atoms with E-state index in [1.54, 1.807) is 6.20 Å². The van der Waals surface area contributed by atoms with Crippen LogP contribution in [-0.4, -0.2) is 40.0 Å². The van der Waals surface area contributed by atoms with Crippen molar-refractivity contribution in [3.8, 4) is 0 Å². The van der Waals surface area contributed by atoms with E-state index in [1.165, 1.54) is 0 Å². The second-order valence-corrected chi connectivity index (χ2v) is 6.45. The number of carbonyl (C=O) groups excluding carboxylic acids is 1. The van der Waals surface area contributed by atoms with Gasteiger partial charge in [-0.1, -0.05) is 18.2 Å². The number of aromatic nitrogens is 2. The SMILES string of the molecule is Cl.Cn1ccnc1C1CNCCN1C(=O)CCc1cc2ccccc2o1. The van der Waals surface area contributed by atoms with Gasteiger partial charge < -0.3 is 19.2 Å². The third kappa shape index (κ3) is 3.61. The number of aryl methyl sites for hydroxylation is 2. The summed E-state index contributed by atoms with van der Waals surface area (Å²) in [6.45, 7) is 2.26. The molecule has 7 heteroatoms. The van der Waals surface area contributed by atoms with Gasteiger partial charge in [0.1, 0.15) is 23.2 Å². The molecular formula is C19H23ClN4O2. The predicted octanol–water partition coefficient (Wildman–Crippen LogP) is 2.69. The number of halogens is 1. The van der Waals surface area contributed by atoms with Crippen LogP contribution in [0.4, 0.5) is 0 Å². The quantitative estimate of drug-likeness (QED) is 0.762. The number of hydrogen-bond donors (Lipinski definition) is 1. The van der Waals surface area contributed by atoms with Gasteiger partial charge in [0.15, 0.2) is 0 Å². The molecule has 26 heavy (non-hydrogen) atoms. The van der Waals surface area contributed by atoms with Crippen molar-refractivity contribution < 1.29 is 9.21 Å². The molecule has 3 heterocycles. The van der Waals surface area contributed by atoms with Crippen LogP contribution in [0, 0.1) is 0 Å².